The molecule has 0 amide bonds. The number of hydrogen-bond donors (Lipinski definition) is 2. The Morgan fingerprint density at radius 2 is 1.80 bits per heavy atom. The summed E-state index contributed by atoms with van der Waals surface area (Å²) < 4.78 is 16.7. The zero-order valence-electron chi connectivity index (χ0n) is 17.5. The van der Waals surface area contributed by atoms with Crippen LogP contribution in [0.25, 0.3) is 11.0 Å². The highest BCUT2D eigenvalue weighted by molar-refractivity contribution is 5.82. The number of ether oxygens (including phenoxy) is 2. The van der Waals surface area contributed by atoms with Gasteiger partial charge in [0.05, 0.1) is 0 Å². The molecule has 2 N–H and O–H groups in total. The summed E-state index contributed by atoms with van der Waals surface area (Å²) in [4.78, 5) is 12.1. The number of hydrogen-bond acceptors (Lipinski definition) is 6. The Bertz CT molecular complexity index is 1120. The first-order chi connectivity index (χ1) is 14.5. The van der Waals surface area contributed by atoms with Crippen molar-refractivity contribution in [3.8, 4) is 17.2 Å². The highest BCUT2D eigenvalue weighted by Gasteiger charge is 2.20. The van der Waals surface area contributed by atoms with Gasteiger partial charge in [0.25, 0.3) is 0 Å². The van der Waals surface area contributed by atoms with Crippen LogP contribution in [0.2, 0.25) is 0 Å². The van der Waals surface area contributed by atoms with E-state index in [1.165, 1.54) is 12.1 Å². The van der Waals surface area contributed by atoms with Crippen molar-refractivity contribution in [1.29, 1.82) is 0 Å². The second-order valence-electron chi connectivity index (χ2n) is 7.93. The van der Waals surface area contributed by atoms with Crippen molar-refractivity contribution >= 4 is 11.0 Å². The summed E-state index contributed by atoms with van der Waals surface area (Å²) in [5, 5.41) is 14.6. The molecule has 30 heavy (non-hydrogen) atoms. The molecule has 3 aromatic rings. The second kappa shape index (κ2) is 8.40. The molecule has 158 valence electrons. The van der Waals surface area contributed by atoms with E-state index in [0.29, 0.717) is 37.7 Å². The SMILES string of the molecule is CCc1cc2c(CN[C@H](c3ccc4c(c3)OCCO4)C(C)C)cc(=O)oc2cc1O. The maximum Gasteiger partial charge on any atom is 0.336 e. The van der Waals surface area contributed by atoms with Gasteiger partial charge in [-0.1, -0.05) is 26.8 Å². The van der Waals surface area contributed by atoms with Gasteiger partial charge < -0.3 is 24.3 Å². The predicted molar refractivity (Wildman–Crippen MR) is 115 cm³/mol. The fourth-order valence-electron chi connectivity index (χ4n) is 3.95. The van der Waals surface area contributed by atoms with Crippen molar-refractivity contribution in [2.45, 2.75) is 39.8 Å². The average molecular weight is 409 g/mol. The molecular formula is C24H27NO5. The molecule has 0 fully saturated rings. The van der Waals surface area contributed by atoms with Gasteiger partial charge in [-0.25, -0.2) is 4.79 Å². The number of aryl methyl sites for hydroxylation is 1. The minimum absolute atomic E-state index is 0.0610. The lowest BCUT2D eigenvalue weighted by atomic mass is 9.95. The smallest absolute Gasteiger partial charge is 0.336 e. The van der Waals surface area contributed by atoms with Crippen molar-refractivity contribution in [3.63, 3.8) is 0 Å². The summed E-state index contributed by atoms with van der Waals surface area (Å²) >= 11 is 0. The lowest BCUT2D eigenvalue weighted by molar-refractivity contribution is 0.171. The van der Waals surface area contributed by atoms with E-state index in [9.17, 15) is 9.90 Å². The van der Waals surface area contributed by atoms with Crippen LogP contribution in [0.3, 0.4) is 0 Å². The Hall–Kier alpha value is -2.99. The van der Waals surface area contributed by atoms with Crippen LogP contribution < -0.4 is 20.4 Å². The summed E-state index contributed by atoms with van der Waals surface area (Å²) in [5.74, 6) is 2.00. The maximum absolute atomic E-state index is 12.1. The van der Waals surface area contributed by atoms with Crippen molar-refractivity contribution < 1.29 is 19.0 Å². The zero-order chi connectivity index (χ0) is 21.3. The Kier molecular flexibility index (Phi) is 5.68. The first-order valence-electron chi connectivity index (χ1n) is 10.4. The first kappa shape index (κ1) is 20.3. The monoisotopic (exact) mass is 409 g/mol. The fraction of sp³-hybridized carbons (Fsp3) is 0.375. The Morgan fingerprint density at radius 1 is 1.03 bits per heavy atom. The minimum Gasteiger partial charge on any atom is -0.508 e. The molecule has 2 heterocycles. The van der Waals surface area contributed by atoms with Gasteiger partial charge in [-0.3, -0.25) is 0 Å². The van der Waals surface area contributed by atoms with Gasteiger partial charge in [0.1, 0.15) is 24.5 Å². The largest absolute Gasteiger partial charge is 0.508 e. The van der Waals surface area contributed by atoms with Crippen LogP contribution in [-0.2, 0) is 13.0 Å². The number of fused-ring (bicyclic) bond motifs is 2. The second-order valence-corrected chi connectivity index (χ2v) is 7.93. The Labute approximate surface area is 175 Å². The van der Waals surface area contributed by atoms with Crippen LogP contribution in [0.15, 0.2) is 45.6 Å². The molecule has 6 nitrogen and oxygen atoms in total. The number of benzene rings is 2. The predicted octanol–water partition coefficient (Wildman–Crippen LogP) is 4.32. The van der Waals surface area contributed by atoms with E-state index in [1.54, 1.807) is 0 Å². The molecule has 4 rings (SSSR count). The molecule has 0 saturated heterocycles. The lowest BCUT2D eigenvalue weighted by Gasteiger charge is -2.26. The van der Waals surface area contributed by atoms with Gasteiger partial charge in [0.2, 0.25) is 0 Å². The van der Waals surface area contributed by atoms with E-state index in [1.807, 2.05) is 25.1 Å². The number of nitrogens with one attached hydrogen (secondary N) is 1. The summed E-state index contributed by atoms with van der Waals surface area (Å²) in [7, 11) is 0. The minimum atomic E-state index is -0.427. The van der Waals surface area contributed by atoms with Crippen molar-refractivity contribution in [2.75, 3.05) is 13.2 Å². The highest BCUT2D eigenvalue weighted by Crippen LogP contribution is 2.35. The number of phenolic OH excluding ortho intramolecular Hbond substituents is 1. The molecule has 1 aliphatic heterocycles. The van der Waals surface area contributed by atoms with Crippen LogP contribution in [0.1, 0.15) is 43.5 Å². The Balaban J connectivity index is 1.65. The molecule has 0 saturated carbocycles. The fourth-order valence-corrected chi connectivity index (χ4v) is 3.95. The highest BCUT2D eigenvalue weighted by atomic mass is 16.6. The first-order valence-corrected chi connectivity index (χ1v) is 10.4. The topological polar surface area (TPSA) is 80.9 Å². The van der Waals surface area contributed by atoms with Crippen LogP contribution in [-0.4, -0.2) is 18.3 Å². The Morgan fingerprint density at radius 3 is 2.53 bits per heavy atom. The maximum atomic E-state index is 12.1. The molecule has 0 aliphatic carbocycles. The molecule has 1 aromatic heterocycles. The quantitative estimate of drug-likeness (QED) is 0.590. The van der Waals surface area contributed by atoms with E-state index >= 15 is 0 Å². The summed E-state index contributed by atoms with van der Waals surface area (Å²) in [5.41, 5.74) is 2.75. The van der Waals surface area contributed by atoms with Gasteiger partial charge in [0.15, 0.2) is 11.5 Å². The number of phenols is 1. The third-order valence-corrected chi connectivity index (χ3v) is 5.51. The van der Waals surface area contributed by atoms with E-state index in [2.05, 4.69) is 25.2 Å². The molecule has 0 unspecified atom stereocenters. The molecule has 0 bridgehead atoms. The lowest BCUT2D eigenvalue weighted by Crippen LogP contribution is -2.26. The molecule has 1 atom stereocenters. The van der Waals surface area contributed by atoms with Crippen LogP contribution in [0, 0.1) is 5.92 Å². The molecule has 1 aliphatic rings. The zero-order valence-corrected chi connectivity index (χ0v) is 17.5. The van der Waals surface area contributed by atoms with Crippen LogP contribution in [0.5, 0.6) is 17.2 Å². The van der Waals surface area contributed by atoms with Gasteiger partial charge in [-0.15, -0.1) is 0 Å². The van der Waals surface area contributed by atoms with Crippen molar-refractivity contribution in [3.05, 3.63) is 63.5 Å². The normalized spacial score (nSPS) is 14.3. The van der Waals surface area contributed by atoms with Crippen LogP contribution >= 0.6 is 0 Å². The summed E-state index contributed by atoms with van der Waals surface area (Å²) in [6.07, 6.45) is 0.694. The standard InChI is InChI=1S/C24H27NO5/c1-4-15-9-18-17(11-23(27)30-21(18)12-19(15)26)13-25-24(14(2)3)16-5-6-20-22(10-16)29-8-7-28-20/h5-6,9-12,14,24-26H,4,7-8,13H2,1-3H3/t24-/m0/s1. The van der Waals surface area contributed by atoms with Gasteiger partial charge >= 0.3 is 5.63 Å². The molecular weight excluding hydrogens is 382 g/mol. The molecule has 6 heteroatoms. The molecule has 0 radical (unpaired) electrons. The average Bonchev–Trinajstić information content (AvgIpc) is 2.73. The van der Waals surface area contributed by atoms with Crippen molar-refractivity contribution in [1.82, 2.24) is 5.32 Å². The van der Waals surface area contributed by atoms with Crippen molar-refractivity contribution in [2.24, 2.45) is 5.92 Å². The number of aromatic hydroxyl groups is 1. The third kappa shape index (κ3) is 4.00. The van der Waals surface area contributed by atoms with E-state index < -0.39 is 5.63 Å². The van der Waals surface area contributed by atoms with Gasteiger partial charge in [0, 0.05) is 30.1 Å². The van der Waals surface area contributed by atoms with Crippen LogP contribution in [0.4, 0.5) is 0 Å². The third-order valence-electron chi connectivity index (χ3n) is 5.51. The van der Waals surface area contributed by atoms with E-state index in [-0.39, 0.29) is 11.8 Å². The van der Waals surface area contributed by atoms with Gasteiger partial charge in [-0.2, -0.15) is 0 Å². The van der Waals surface area contributed by atoms with E-state index in [4.69, 9.17) is 13.9 Å². The molecule has 2 aromatic carbocycles. The molecule has 0 spiro atoms. The van der Waals surface area contributed by atoms with Gasteiger partial charge in [-0.05, 0) is 47.2 Å². The summed E-state index contributed by atoms with van der Waals surface area (Å²) in [6.45, 7) is 7.89. The van der Waals surface area contributed by atoms with E-state index in [0.717, 1.165) is 33.6 Å². The summed E-state index contributed by atoms with van der Waals surface area (Å²) in [6, 6.07) is 11.0. The number of rotatable bonds is 6.